The molecule has 0 bridgehead atoms. The van der Waals surface area contributed by atoms with Crippen LogP contribution in [0.1, 0.15) is 6.42 Å². The van der Waals surface area contributed by atoms with Gasteiger partial charge in [0.25, 0.3) is 11.8 Å². The van der Waals surface area contributed by atoms with Crippen molar-refractivity contribution in [1.82, 2.24) is 4.90 Å². The standard InChI is InChI=1S/C7H6BNO3/c8-5(10)3-4-9-6(11)1-2-7(9)12/h1-2H,3-4H2. The van der Waals surface area contributed by atoms with Crippen LogP contribution < -0.4 is 0 Å². The molecule has 5 heteroatoms. The molecule has 0 aromatic rings. The Kier molecular flexibility index (Phi) is 2.42. The maximum absolute atomic E-state index is 10.9. The molecule has 0 unspecified atom stereocenters. The van der Waals surface area contributed by atoms with E-state index in [4.69, 9.17) is 7.85 Å². The topological polar surface area (TPSA) is 54.5 Å². The van der Waals surface area contributed by atoms with Gasteiger partial charge in [-0.1, -0.05) is 0 Å². The first-order chi connectivity index (χ1) is 5.61. The van der Waals surface area contributed by atoms with Gasteiger partial charge in [-0.25, -0.2) is 0 Å². The zero-order chi connectivity index (χ0) is 9.14. The molecular formula is C7H6BNO3. The van der Waals surface area contributed by atoms with E-state index in [1.807, 2.05) is 0 Å². The van der Waals surface area contributed by atoms with Crippen LogP contribution in [0.15, 0.2) is 12.2 Å². The molecule has 0 aliphatic carbocycles. The fraction of sp³-hybridized carbons (Fsp3) is 0.286. The van der Waals surface area contributed by atoms with E-state index in [2.05, 4.69) is 0 Å². The second kappa shape index (κ2) is 3.34. The molecule has 0 fully saturated rings. The maximum Gasteiger partial charge on any atom is 0.253 e. The zero-order valence-electron chi connectivity index (χ0n) is 6.32. The summed E-state index contributed by atoms with van der Waals surface area (Å²) in [5.74, 6) is -0.775. The molecule has 1 aliphatic rings. The van der Waals surface area contributed by atoms with Crippen LogP contribution in [0.2, 0.25) is 0 Å². The predicted octanol–water partition coefficient (Wildman–Crippen LogP) is -1.00. The van der Waals surface area contributed by atoms with Gasteiger partial charge < -0.3 is 4.79 Å². The minimum absolute atomic E-state index is 0.0131. The second-order valence-corrected chi connectivity index (χ2v) is 2.38. The fourth-order valence-electron chi connectivity index (χ4n) is 0.874. The summed E-state index contributed by atoms with van der Waals surface area (Å²) >= 11 is 0. The first-order valence-electron chi connectivity index (χ1n) is 3.43. The van der Waals surface area contributed by atoms with Gasteiger partial charge in [-0.2, -0.15) is 0 Å². The van der Waals surface area contributed by atoms with Gasteiger partial charge in [-0.3, -0.25) is 14.5 Å². The minimum atomic E-state index is -0.525. The molecular weight excluding hydrogens is 157 g/mol. The normalized spacial score (nSPS) is 15.8. The summed E-state index contributed by atoms with van der Waals surface area (Å²) in [6, 6.07) is 0. The number of rotatable bonds is 3. The smallest absolute Gasteiger partial charge is 0.253 e. The van der Waals surface area contributed by atoms with Gasteiger partial charge in [-0.15, -0.1) is 0 Å². The van der Waals surface area contributed by atoms with Gasteiger partial charge >= 0.3 is 0 Å². The van der Waals surface area contributed by atoms with Crippen LogP contribution in [-0.4, -0.2) is 36.8 Å². The molecule has 0 aromatic heterocycles. The molecule has 12 heavy (non-hydrogen) atoms. The van der Waals surface area contributed by atoms with Crippen LogP contribution in [0.3, 0.4) is 0 Å². The van der Waals surface area contributed by atoms with Crippen molar-refractivity contribution in [2.45, 2.75) is 6.42 Å². The zero-order valence-corrected chi connectivity index (χ0v) is 6.32. The molecule has 2 radical (unpaired) electrons. The van der Waals surface area contributed by atoms with E-state index in [0.717, 1.165) is 4.90 Å². The number of carbonyl (C=O) groups is 3. The van der Waals surface area contributed by atoms with Crippen molar-refractivity contribution < 1.29 is 14.4 Å². The van der Waals surface area contributed by atoms with Gasteiger partial charge in [0.1, 0.15) is 0 Å². The van der Waals surface area contributed by atoms with Crippen molar-refractivity contribution in [3.8, 4) is 0 Å². The van der Waals surface area contributed by atoms with Crippen molar-refractivity contribution in [3.05, 3.63) is 12.2 Å². The average molecular weight is 163 g/mol. The van der Waals surface area contributed by atoms with Crippen LogP contribution in [0, 0.1) is 0 Å². The SMILES string of the molecule is [B]C(=O)CCN1C(=O)C=CC1=O. The average Bonchev–Trinajstić information content (AvgIpc) is 2.28. The quantitative estimate of drug-likeness (QED) is 0.395. The Bertz CT molecular complexity index is 254. The number of hydrogen-bond donors (Lipinski definition) is 0. The molecule has 1 heterocycles. The van der Waals surface area contributed by atoms with Gasteiger partial charge in [0.05, 0.1) is 5.68 Å². The summed E-state index contributed by atoms with van der Waals surface area (Å²) in [7, 11) is 4.85. The Labute approximate surface area is 70.6 Å². The van der Waals surface area contributed by atoms with E-state index >= 15 is 0 Å². The molecule has 0 saturated carbocycles. The molecule has 0 aromatic carbocycles. The van der Waals surface area contributed by atoms with Crippen LogP contribution in [0.4, 0.5) is 0 Å². The first-order valence-corrected chi connectivity index (χ1v) is 3.43. The van der Waals surface area contributed by atoms with Gasteiger partial charge in [0.15, 0.2) is 7.85 Å². The molecule has 0 saturated heterocycles. The van der Waals surface area contributed by atoms with E-state index in [1.54, 1.807) is 0 Å². The highest BCUT2D eigenvalue weighted by Crippen LogP contribution is 2.03. The van der Waals surface area contributed by atoms with Crippen LogP contribution in [0.5, 0.6) is 0 Å². The summed E-state index contributed by atoms with van der Waals surface area (Å²) in [5.41, 5.74) is -0.525. The molecule has 2 amide bonds. The van der Waals surface area contributed by atoms with E-state index < -0.39 is 5.68 Å². The summed E-state index contributed by atoms with van der Waals surface area (Å²) in [5, 5.41) is 0. The third kappa shape index (κ3) is 1.81. The lowest BCUT2D eigenvalue weighted by atomic mass is 10.00. The molecule has 4 nitrogen and oxygen atoms in total. The molecule has 0 N–H and O–H groups in total. The van der Waals surface area contributed by atoms with E-state index in [9.17, 15) is 14.4 Å². The summed E-state index contributed by atoms with van der Waals surface area (Å²) < 4.78 is 0. The molecule has 1 rings (SSSR count). The van der Waals surface area contributed by atoms with Crippen molar-refractivity contribution in [2.24, 2.45) is 0 Å². The Morgan fingerprint density at radius 3 is 2.25 bits per heavy atom. The highest BCUT2D eigenvalue weighted by Gasteiger charge is 2.22. The van der Waals surface area contributed by atoms with Crippen molar-refractivity contribution in [2.75, 3.05) is 6.54 Å². The minimum Gasteiger partial charge on any atom is -0.313 e. The Morgan fingerprint density at radius 1 is 1.33 bits per heavy atom. The third-order valence-corrected chi connectivity index (χ3v) is 1.48. The van der Waals surface area contributed by atoms with Gasteiger partial charge in [-0.05, 0) is 0 Å². The van der Waals surface area contributed by atoms with E-state index in [0.29, 0.717) is 0 Å². The van der Waals surface area contributed by atoms with Gasteiger partial charge in [0.2, 0.25) is 0 Å². The molecule has 0 spiro atoms. The lowest BCUT2D eigenvalue weighted by Crippen LogP contribution is -2.32. The van der Waals surface area contributed by atoms with E-state index in [-0.39, 0.29) is 24.8 Å². The van der Waals surface area contributed by atoms with Crippen molar-refractivity contribution in [3.63, 3.8) is 0 Å². The number of nitrogens with zero attached hydrogens (tertiary/aromatic N) is 1. The predicted molar refractivity (Wildman–Crippen MR) is 41.2 cm³/mol. The number of imide groups is 1. The molecule has 1 aliphatic heterocycles. The summed E-state index contributed by atoms with van der Waals surface area (Å²) in [4.78, 5) is 33.0. The Hall–Kier alpha value is -1.39. The molecule has 60 valence electrons. The third-order valence-electron chi connectivity index (χ3n) is 1.48. The summed E-state index contributed by atoms with van der Waals surface area (Å²) in [6.07, 6.45) is 2.35. The number of amides is 2. The van der Waals surface area contributed by atoms with Crippen molar-refractivity contribution in [1.29, 1.82) is 0 Å². The largest absolute Gasteiger partial charge is 0.313 e. The fourth-order valence-corrected chi connectivity index (χ4v) is 0.874. The monoisotopic (exact) mass is 163 g/mol. The maximum atomic E-state index is 10.9. The van der Waals surface area contributed by atoms with E-state index in [1.165, 1.54) is 12.2 Å². The highest BCUT2D eigenvalue weighted by molar-refractivity contribution is 6.57. The highest BCUT2D eigenvalue weighted by atomic mass is 16.2. The Morgan fingerprint density at radius 2 is 1.83 bits per heavy atom. The number of carbonyl (C=O) groups excluding carboxylic acids is 3. The second-order valence-electron chi connectivity index (χ2n) is 2.38. The lowest BCUT2D eigenvalue weighted by Gasteiger charge is -2.11. The Balaban J connectivity index is 2.48. The first kappa shape index (κ1) is 8.71. The summed E-state index contributed by atoms with van der Waals surface area (Å²) in [6.45, 7) is 0.0694. The van der Waals surface area contributed by atoms with Crippen molar-refractivity contribution >= 4 is 25.3 Å². The van der Waals surface area contributed by atoms with Crippen LogP contribution >= 0.6 is 0 Å². The number of hydrogen-bond acceptors (Lipinski definition) is 3. The van der Waals surface area contributed by atoms with Gasteiger partial charge in [0, 0.05) is 25.1 Å². The van der Waals surface area contributed by atoms with Crippen LogP contribution in [-0.2, 0) is 14.4 Å². The lowest BCUT2D eigenvalue weighted by molar-refractivity contribution is -0.136. The molecule has 0 atom stereocenters. The van der Waals surface area contributed by atoms with Crippen LogP contribution in [0.25, 0.3) is 0 Å².